The van der Waals surface area contributed by atoms with Gasteiger partial charge in [0.2, 0.25) is 0 Å². The van der Waals surface area contributed by atoms with Crippen LogP contribution in [0, 0.1) is 17.6 Å². The monoisotopic (exact) mass is 511 g/mol. The van der Waals surface area contributed by atoms with E-state index in [1.54, 1.807) is 12.1 Å². The first kappa shape index (κ1) is 23.6. The van der Waals surface area contributed by atoms with Crippen LogP contribution >= 0.6 is 22.9 Å². The molecule has 2 atom stereocenters. The van der Waals surface area contributed by atoms with Crippen LogP contribution < -0.4 is 15.2 Å². The molecule has 33 heavy (non-hydrogen) atoms. The van der Waals surface area contributed by atoms with Crippen LogP contribution in [0.2, 0.25) is 5.02 Å². The minimum absolute atomic E-state index is 0.00185. The maximum absolute atomic E-state index is 14.7. The van der Waals surface area contributed by atoms with E-state index >= 15 is 0 Å². The highest BCUT2D eigenvalue weighted by atomic mass is 35.5. The fourth-order valence-electron chi connectivity index (χ4n) is 3.66. The molecule has 1 aliphatic rings. The lowest BCUT2D eigenvalue weighted by Gasteiger charge is -2.30. The van der Waals surface area contributed by atoms with Crippen molar-refractivity contribution in [3.05, 3.63) is 75.6 Å². The molecule has 3 aromatic rings. The second kappa shape index (κ2) is 9.76. The Labute approximate surface area is 199 Å². The average Bonchev–Trinajstić information content (AvgIpc) is 3.27. The molecular formula is C22H20ClF2N3O3S2. The lowest BCUT2D eigenvalue weighted by atomic mass is 9.81. The number of halogens is 3. The van der Waals surface area contributed by atoms with Crippen LogP contribution in [-0.2, 0) is 10.0 Å². The lowest BCUT2D eigenvalue weighted by molar-refractivity contribution is 0.252. The van der Waals surface area contributed by atoms with Crippen LogP contribution in [0.15, 0.2) is 58.3 Å². The summed E-state index contributed by atoms with van der Waals surface area (Å²) in [5.41, 5.74) is 9.51. The van der Waals surface area contributed by atoms with E-state index in [1.165, 1.54) is 34.4 Å². The maximum Gasteiger partial charge on any atom is 0.266 e. The second-order valence-corrected chi connectivity index (χ2v) is 10.3. The molecule has 6 nitrogen and oxygen atoms in total. The van der Waals surface area contributed by atoms with Gasteiger partial charge in [-0.2, -0.15) is 0 Å². The molecule has 4 rings (SSSR count). The van der Waals surface area contributed by atoms with Gasteiger partial charge in [0.25, 0.3) is 10.0 Å². The first-order chi connectivity index (χ1) is 15.7. The predicted octanol–water partition coefficient (Wildman–Crippen LogP) is 5.08. The van der Waals surface area contributed by atoms with Crippen LogP contribution in [0.5, 0.6) is 5.75 Å². The highest BCUT2D eigenvalue weighted by molar-refractivity contribution is 7.92. The smallest absolute Gasteiger partial charge is 0.266 e. The van der Waals surface area contributed by atoms with Crippen molar-refractivity contribution in [2.45, 2.75) is 23.8 Å². The Morgan fingerprint density at radius 3 is 2.70 bits per heavy atom. The van der Waals surface area contributed by atoms with Crippen LogP contribution in [0.4, 0.5) is 14.6 Å². The maximum atomic E-state index is 14.7. The quantitative estimate of drug-likeness (QED) is 0.461. The zero-order chi connectivity index (χ0) is 23.6. The molecule has 3 N–H and O–H groups in total. The van der Waals surface area contributed by atoms with Crippen molar-refractivity contribution in [3.63, 3.8) is 0 Å². The molecule has 0 saturated heterocycles. The Morgan fingerprint density at radius 1 is 1.24 bits per heavy atom. The van der Waals surface area contributed by atoms with E-state index in [9.17, 15) is 17.2 Å². The molecule has 0 spiro atoms. The van der Waals surface area contributed by atoms with Crippen LogP contribution in [0.3, 0.4) is 0 Å². The summed E-state index contributed by atoms with van der Waals surface area (Å²) in [6.07, 6.45) is 3.55. The summed E-state index contributed by atoms with van der Waals surface area (Å²) in [5.74, 6) is -1.51. The molecule has 174 valence electrons. The Bertz CT molecular complexity index is 1270. The molecule has 0 amide bonds. The zero-order valence-corrected chi connectivity index (χ0v) is 19.6. The number of hydrogen-bond donors (Lipinski definition) is 2. The number of aromatic nitrogens is 1. The molecule has 0 saturated carbocycles. The van der Waals surface area contributed by atoms with Crippen LogP contribution in [0.1, 0.15) is 18.4 Å². The van der Waals surface area contributed by atoms with Gasteiger partial charge >= 0.3 is 0 Å². The fourth-order valence-corrected chi connectivity index (χ4v) is 5.59. The number of hydrogen-bond acceptors (Lipinski definition) is 6. The van der Waals surface area contributed by atoms with E-state index in [0.717, 1.165) is 36.1 Å². The van der Waals surface area contributed by atoms with Gasteiger partial charge < -0.3 is 10.5 Å². The van der Waals surface area contributed by atoms with Crippen molar-refractivity contribution in [2.24, 2.45) is 11.7 Å². The number of rotatable bonds is 7. The van der Waals surface area contributed by atoms with Gasteiger partial charge in [-0.25, -0.2) is 22.2 Å². The third kappa shape index (κ3) is 5.35. The molecule has 2 unspecified atom stereocenters. The number of thiazole rings is 1. The topological polar surface area (TPSA) is 94.3 Å². The van der Waals surface area contributed by atoms with E-state index in [4.69, 9.17) is 22.1 Å². The van der Waals surface area contributed by atoms with Crippen molar-refractivity contribution in [1.82, 2.24) is 4.98 Å². The molecular weight excluding hydrogens is 492 g/mol. The van der Waals surface area contributed by atoms with Gasteiger partial charge in [0.1, 0.15) is 22.3 Å². The first-order valence-electron chi connectivity index (χ1n) is 9.99. The van der Waals surface area contributed by atoms with Crippen LogP contribution in [0.25, 0.3) is 5.57 Å². The number of ether oxygens (including phenoxy) is 1. The molecule has 0 aliphatic heterocycles. The number of nitrogens with zero attached hydrogens (tertiary/aromatic N) is 1. The lowest BCUT2D eigenvalue weighted by Crippen LogP contribution is -2.36. The van der Waals surface area contributed by atoms with Crippen LogP contribution in [-0.4, -0.2) is 26.1 Å². The summed E-state index contributed by atoms with van der Waals surface area (Å²) in [7, 11) is -4.23. The standard InChI is InChI=1S/C22H20ClF2N3O3S2/c23-17-8-21(33(29,30)28-22-11-32-12-27-22)18(25)9-20(17)31-10-16-15(2-1-3-19(16)26)13-4-6-14(24)7-5-13/h2,4-9,11-12,16,19,28H,1,3,10,26H2. The van der Waals surface area contributed by atoms with Gasteiger partial charge in [0.15, 0.2) is 5.82 Å². The normalized spacial score (nSPS) is 18.6. The SMILES string of the molecule is NC1CCC=C(c2ccc(F)cc2)C1COc1cc(F)c(S(=O)(=O)Nc2cscn2)cc1Cl. The molecule has 1 aliphatic carbocycles. The highest BCUT2D eigenvalue weighted by Crippen LogP contribution is 2.35. The third-order valence-corrected chi connectivity index (χ3v) is 7.58. The number of nitrogens with two attached hydrogens (primary N) is 1. The van der Waals surface area contributed by atoms with Gasteiger partial charge in [-0.05, 0) is 42.2 Å². The minimum Gasteiger partial charge on any atom is -0.491 e. The Morgan fingerprint density at radius 2 is 2.00 bits per heavy atom. The third-order valence-electron chi connectivity index (χ3n) is 5.32. The zero-order valence-electron chi connectivity index (χ0n) is 17.2. The number of benzene rings is 2. The Hall–Kier alpha value is -2.53. The Balaban J connectivity index is 1.54. The predicted molar refractivity (Wildman–Crippen MR) is 125 cm³/mol. The van der Waals surface area contributed by atoms with E-state index in [2.05, 4.69) is 9.71 Å². The molecule has 1 heterocycles. The molecule has 0 radical (unpaired) electrons. The van der Waals surface area contributed by atoms with Gasteiger partial charge in [0.05, 0.1) is 17.1 Å². The summed E-state index contributed by atoms with van der Waals surface area (Å²) in [5, 5.41) is 1.42. The molecule has 1 aromatic heterocycles. The number of nitrogens with one attached hydrogen (secondary N) is 1. The number of allylic oxidation sites excluding steroid dienone is 1. The summed E-state index contributed by atoms with van der Waals surface area (Å²) < 4.78 is 61.1. The largest absolute Gasteiger partial charge is 0.491 e. The molecule has 0 fully saturated rings. The minimum atomic E-state index is -4.23. The van der Waals surface area contributed by atoms with Gasteiger partial charge in [-0.3, -0.25) is 4.72 Å². The van der Waals surface area contributed by atoms with Crippen molar-refractivity contribution in [2.75, 3.05) is 11.3 Å². The van der Waals surface area contributed by atoms with Crippen molar-refractivity contribution < 1.29 is 21.9 Å². The van der Waals surface area contributed by atoms with Crippen molar-refractivity contribution in [3.8, 4) is 5.75 Å². The molecule has 0 bridgehead atoms. The summed E-state index contributed by atoms with van der Waals surface area (Å²) in [4.78, 5) is 3.22. The summed E-state index contributed by atoms with van der Waals surface area (Å²) in [6.45, 7) is 0.0900. The summed E-state index contributed by atoms with van der Waals surface area (Å²) >= 11 is 7.42. The van der Waals surface area contributed by atoms with Crippen molar-refractivity contribution in [1.29, 1.82) is 0 Å². The highest BCUT2D eigenvalue weighted by Gasteiger charge is 2.28. The molecule has 11 heteroatoms. The first-order valence-corrected chi connectivity index (χ1v) is 12.8. The second-order valence-electron chi connectivity index (χ2n) is 7.52. The van der Waals surface area contributed by atoms with Gasteiger partial charge in [-0.15, -0.1) is 11.3 Å². The van der Waals surface area contributed by atoms with Crippen molar-refractivity contribution >= 4 is 44.4 Å². The summed E-state index contributed by atoms with van der Waals surface area (Å²) in [6, 6.07) is 7.81. The van der Waals surface area contributed by atoms with E-state index in [-0.39, 0.29) is 41.0 Å². The van der Waals surface area contributed by atoms with Gasteiger partial charge in [-0.1, -0.05) is 29.8 Å². The van der Waals surface area contributed by atoms with Gasteiger partial charge in [0, 0.05) is 23.4 Å². The number of anilines is 1. The fraction of sp³-hybridized carbons (Fsp3) is 0.227. The Kier molecular flexibility index (Phi) is 6.99. The van der Waals surface area contributed by atoms with E-state index in [0.29, 0.717) is 0 Å². The number of sulfonamides is 1. The van der Waals surface area contributed by atoms with E-state index in [1.807, 2.05) is 6.08 Å². The average molecular weight is 512 g/mol. The molecule has 2 aromatic carbocycles. The van der Waals surface area contributed by atoms with E-state index < -0.39 is 20.7 Å².